The van der Waals surface area contributed by atoms with Crippen molar-refractivity contribution in [3.63, 3.8) is 0 Å². The van der Waals surface area contributed by atoms with Crippen LogP contribution in [0.25, 0.3) is 0 Å². The second-order valence-corrected chi connectivity index (χ2v) is 5.28. The maximum absolute atomic E-state index is 12.5. The van der Waals surface area contributed by atoms with Gasteiger partial charge in [-0.1, -0.05) is 18.2 Å². The SMILES string of the molecule is COC[C@@H](NC(=O)c1ccccc1SC)c1ccccn1. The minimum atomic E-state index is -0.265. The standard InChI is InChI=1S/C16H18N2O2S/c1-20-11-14(13-8-5-6-10-17-13)18-16(19)12-7-3-4-9-15(12)21-2/h3-10,14H,11H2,1-2H3,(H,18,19)/t14-/m1/s1. The Hall–Kier alpha value is -1.85. The van der Waals surface area contributed by atoms with E-state index in [1.807, 2.05) is 48.7 Å². The van der Waals surface area contributed by atoms with Crippen molar-refractivity contribution in [1.29, 1.82) is 0 Å². The first-order chi connectivity index (χ1) is 10.3. The van der Waals surface area contributed by atoms with Gasteiger partial charge in [-0.15, -0.1) is 11.8 Å². The van der Waals surface area contributed by atoms with Crippen LogP contribution in [0.3, 0.4) is 0 Å². The van der Waals surface area contributed by atoms with E-state index in [1.54, 1.807) is 25.1 Å². The van der Waals surface area contributed by atoms with Crippen LogP contribution in [0.1, 0.15) is 22.1 Å². The summed E-state index contributed by atoms with van der Waals surface area (Å²) in [5.74, 6) is -0.118. The van der Waals surface area contributed by atoms with Gasteiger partial charge < -0.3 is 10.1 Å². The molecule has 5 heteroatoms. The highest BCUT2D eigenvalue weighted by atomic mass is 32.2. The largest absolute Gasteiger partial charge is 0.382 e. The highest BCUT2D eigenvalue weighted by molar-refractivity contribution is 7.98. The minimum Gasteiger partial charge on any atom is -0.382 e. The van der Waals surface area contributed by atoms with Crippen molar-refractivity contribution in [1.82, 2.24) is 10.3 Å². The molecule has 2 rings (SSSR count). The van der Waals surface area contributed by atoms with Crippen LogP contribution in [0, 0.1) is 0 Å². The Bertz CT molecular complexity index is 590. The third-order valence-corrected chi connectivity index (χ3v) is 3.83. The quantitative estimate of drug-likeness (QED) is 0.834. The molecule has 1 atom stereocenters. The molecule has 0 saturated heterocycles. The molecule has 1 aromatic heterocycles. The second kappa shape index (κ2) is 7.81. The predicted octanol–water partition coefficient (Wildman–Crippen LogP) is 2.92. The molecule has 0 spiro atoms. The summed E-state index contributed by atoms with van der Waals surface area (Å²) in [4.78, 5) is 17.7. The fourth-order valence-electron chi connectivity index (χ4n) is 2.02. The number of nitrogens with one attached hydrogen (secondary N) is 1. The number of pyridine rings is 1. The highest BCUT2D eigenvalue weighted by Crippen LogP contribution is 2.21. The molecule has 0 bridgehead atoms. The van der Waals surface area contributed by atoms with Crippen LogP contribution in [-0.4, -0.2) is 30.9 Å². The Labute approximate surface area is 128 Å². The third kappa shape index (κ3) is 4.06. The van der Waals surface area contributed by atoms with E-state index in [9.17, 15) is 4.79 Å². The second-order valence-electron chi connectivity index (χ2n) is 4.44. The highest BCUT2D eigenvalue weighted by Gasteiger charge is 2.18. The molecule has 110 valence electrons. The van der Waals surface area contributed by atoms with Gasteiger partial charge in [0.1, 0.15) is 0 Å². The van der Waals surface area contributed by atoms with Gasteiger partial charge in [0.2, 0.25) is 0 Å². The van der Waals surface area contributed by atoms with E-state index in [1.165, 1.54) is 0 Å². The lowest BCUT2D eigenvalue weighted by Crippen LogP contribution is -2.32. The van der Waals surface area contributed by atoms with Crippen LogP contribution in [0.5, 0.6) is 0 Å². The lowest BCUT2D eigenvalue weighted by atomic mass is 10.1. The molecule has 4 nitrogen and oxygen atoms in total. The number of amides is 1. The predicted molar refractivity (Wildman–Crippen MR) is 84.5 cm³/mol. The number of carbonyl (C=O) groups excluding carboxylic acids is 1. The molecule has 2 aromatic rings. The Balaban J connectivity index is 2.19. The first-order valence-corrected chi connectivity index (χ1v) is 7.82. The summed E-state index contributed by atoms with van der Waals surface area (Å²) < 4.78 is 5.19. The van der Waals surface area contributed by atoms with E-state index in [0.29, 0.717) is 12.2 Å². The van der Waals surface area contributed by atoms with Crippen molar-refractivity contribution in [2.75, 3.05) is 20.0 Å². The third-order valence-electron chi connectivity index (χ3n) is 3.04. The molecule has 0 unspecified atom stereocenters. The van der Waals surface area contributed by atoms with Crippen molar-refractivity contribution in [3.8, 4) is 0 Å². The molecule has 0 aliphatic carbocycles. The number of aromatic nitrogens is 1. The number of methoxy groups -OCH3 is 1. The average molecular weight is 302 g/mol. The Morgan fingerprint density at radius 1 is 1.29 bits per heavy atom. The smallest absolute Gasteiger partial charge is 0.253 e. The van der Waals surface area contributed by atoms with Gasteiger partial charge in [0.25, 0.3) is 5.91 Å². The molecule has 1 amide bonds. The number of benzene rings is 1. The van der Waals surface area contributed by atoms with Crippen LogP contribution in [0.2, 0.25) is 0 Å². The van der Waals surface area contributed by atoms with Gasteiger partial charge in [-0.05, 0) is 30.5 Å². The Morgan fingerprint density at radius 2 is 2.05 bits per heavy atom. The summed E-state index contributed by atoms with van der Waals surface area (Å²) in [7, 11) is 1.61. The van der Waals surface area contributed by atoms with E-state index in [0.717, 1.165) is 10.6 Å². The molecule has 21 heavy (non-hydrogen) atoms. The molecule has 0 saturated carbocycles. The van der Waals surface area contributed by atoms with E-state index < -0.39 is 0 Å². The molecule has 0 aliphatic heterocycles. The molecule has 0 aliphatic rings. The fraction of sp³-hybridized carbons (Fsp3) is 0.250. The molecule has 1 N–H and O–H groups in total. The zero-order valence-electron chi connectivity index (χ0n) is 12.1. The zero-order valence-corrected chi connectivity index (χ0v) is 12.9. The first-order valence-electron chi connectivity index (χ1n) is 6.60. The van der Waals surface area contributed by atoms with E-state index in [4.69, 9.17) is 4.74 Å². The summed E-state index contributed by atoms with van der Waals surface area (Å²) in [5, 5.41) is 2.99. The Morgan fingerprint density at radius 3 is 2.71 bits per heavy atom. The summed E-state index contributed by atoms with van der Waals surface area (Å²) in [5.41, 5.74) is 1.45. The van der Waals surface area contributed by atoms with E-state index >= 15 is 0 Å². The molecule has 0 fully saturated rings. The zero-order chi connectivity index (χ0) is 15.1. The number of rotatable bonds is 6. The topological polar surface area (TPSA) is 51.2 Å². The van der Waals surface area contributed by atoms with E-state index in [2.05, 4.69) is 10.3 Å². The van der Waals surface area contributed by atoms with Crippen LogP contribution in [0.15, 0.2) is 53.6 Å². The summed E-state index contributed by atoms with van der Waals surface area (Å²) in [6, 6.07) is 12.9. The molecular weight excluding hydrogens is 284 g/mol. The summed E-state index contributed by atoms with van der Waals surface area (Å²) in [6.45, 7) is 0.379. The lowest BCUT2D eigenvalue weighted by Gasteiger charge is -2.18. The van der Waals surface area contributed by atoms with Crippen molar-refractivity contribution >= 4 is 17.7 Å². The molecule has 0 radical (unpaired) electrons. The number of carbonyl (C=O) groups is 1. The van der Waals surface area contributed by atoms with E-state index in [-0.39, 0.29) is 11.9 Å². The van der Waals surface area contributed by atoms with Gasteiger partial charge in [0, 0.05) is 18.2 Å². The summed E-state index contributed by atoms with van der Waals surface area (Å²) in [6.07, 6.45) is 3.66. The molecular formula is C16H18N2O2S. The van der Waals surface area contributed by atoms with Gasteiger partial charge in [-0.3, -0.25) is 9.78 Å². The van der Waals surface area contributed by atoms with Crippen LogP contribution in [0.4, 0.5) is 0 Å². The minimum absolute atomic E-state index is 0.118. The summed E-state index contributed by atoms with van der Waals surface area (Å²) >= 11 is 1.55. The maximum atomic E-state index is 12.5. The number of hydrogen-bond acceptors (Lipinski definition) is 4. The van der Waals surface area contributed by atoms with Gasteiger partial charge in [-0.2, -0.15) is 0 Å². The normalized spacial score (nSPS) is 11.9. The monoisotopic (exact) mass is 302 g/mol. The number of ether oxygens (including phenoxy) is 1. The van der Waals surface area contributed by atoms with Crippen molar-refractivity contribution in [2.45, 2.75) is 10.9 Å². The van der Waals surface area contributed by atoms with Gasteiger partial charge in [0.05, 0.1) is 23.9 Å². The number of nitrogens with zero attached hydrogens (tertiary/aromatic N) is 1. The van der Waals surface area contributed by atoms with Crippen LogP contribution in [-0.2, 0) is 4.74 Å². The van der Waals surface area contributed by atoms with Gasteiger partial charge in [-0.25, -0.2) is 0 Å². The molecule has 1 aromatic carbocycles. The van der Waals surface area contributed by atoms with Crippen molar-refractivity contribution < 1.29 is 9.53 Å². The lowest BCUT2D eigenvalue weighted by molar-refractivity contribution is 0.0891. The average Bonchev–Trinajstić information content (AvgIpc) is 2.55. The van der Waals surface area contributed by atoms with Gasteiger partial charge >= 0.3 is 0 Å². The first kappa shape index (κ1) is 15.5. The maximum Gasteiger partial charge on any atom is 0.253 e. The Kier molecular flexibility index (Phi) is 5.78. The van der Waals surface area contributed by atoms with Gasteiger partial charge in [0.15, 0.2) is 0 Å². The van der Waals surface area contributed by atoms with Crippen molar-refractivity contribution in [3.05, 3.63) is 59.9 Å². The molecule has 1 heterocycles. The van der Waals surface area contributed by atoms with Crippen LogP contribution >= 0.6 is 11.8 Å². The number of thioether (sulfide) groups is 1. The van der Waals surface area contributed by atoms with Crippen LogP contribution < -0.4 is 5.32 Å². The van der Waals surface area contributed by atoms with Crippen molar-refractivity contribution in [2.24, 2.45) is 0 Å². The number of hydrogen-bond donors (Lipinski definition) is 1. The fourth-order valence-corrected chi connectivity index (χ4v) is 2.61.